The van der Waals surface area contributed by atoms with Gasteiger partial charge < -0.3 is 15.3 Å². The minimum Gasteiger partial charge on any atom is -0.393 e. The third kappa shape index (κ3) is 5.58. The zero-order chi connectivity index (χ0) is 27.1. The molecule has 3 nitrogen and oxygen atoms in total. The average molecular weight is 525 g/mol. The molecule has 0 unspecified atom stereocenters. The van der Waals surface area contributed by atoms with Crippen molar-refractivity contribution in [3.05, 3.63) is 35.5 Å². The highest BCUT2D eigenvalue weighted by Crippen LogP contribution is 2.60. The highest BCUT2D eigenvalue weighted by atomic mass is 19.4. The van der Waals surface area contributed by atoms with E-state index in [1.54, 1.807) is 0 Å². The molecule has 0 spiro atoms. The van der Waals surface area contributed by atoms with Gasteiger partial charge in [0.15, 0.2) is 0 Å². The summed E-state index contributed by atoms with van der Waals surface area (Å²) in [5, 5.41) is 29.5. The van der Waals surface area contributed by atoms with Crippen molar-refractivity contribution >= 4 is 0 Å². The molecule has 6 atom stereocenters. The summed E-state index contributed by atoms with van der Waals surface area (Å²) in [7, 11) is 0. The molecule has 0 aromatic carbocycles. The summed E-state index contributed by atoms with van der Waals surface area (Å²) in [6.07, 6.45) is -5.24. The van der Waals surface area contributed by atoms with Gasteiger partial charge >= 0.3 is 12.4 Å². The van der Waals surface area contributed by atoms with Crippen molar-refractivity contribution in [2.75, 3.05) is 0 Å². The van der Waals surface area contributed by atoms with Crippen LogP contribution >= 0.6 is 0 Å². The average Bonchev–Trinajstić information content (AvgIpc) is 3.11. The maximum absolute atomic E-state index is 13.0. The minimum absolute atomic E-state index is 0.0770. The van der Waals surface area contributed by atoms with E-state index < -0.39 is 36.6 Å². The molecule has 3 rings (SSSR count). The number of allylic oxidation sites excluding steroid dienone is 3. The molecule has 3 aliphatic carbocycles. The van der Waals surface area contributed by atoms with E-state index in [4.69, 9.17) is 0 Å². The van der Waals surface area contributed by atoms with Crippen LogP contribution in [0.4, 0.5) is 26.3 Å². The molecule has 0 saturated heterocycles. The van der Waals surface area contributed by atoms with Crippen LogP contribution < -0.4 is 0 Å². The molecule has 3 fully saturated rings. The van der Waals surface area contributed by atoms with E-state index in [-0.39, 0.29) is 42.4 Å². The lowest BCUT2D eigenvalue weighted by Crippen LogP contribution is -2.56. The van der Waals surface area contributed by atoms with Crippen LogP contribution in [0, 0.1) is 23.2 Å². The Kier molecular flexibility index (Phi) is 8.48. The Bertz CT molecular complexity index is 860. The molecule has 3 saturated carbocycles. The van der Waals surface area contributed by atoms with E-state index in [1.807, 2.05) is 13.0 Å². The summed E-state index contributed by atoms with van der Waals surface area (Å²) in [5.74, 6) is 0.355. The van der Waals surface area contributed by atoms with Crippen LogP contribution in [0.25, 0.3) is 0 Å². The van der Waals surface area contributed by atoms with Crippen molar-refractivity contribution in [2.45, 2.75) is 108 Å². The van der Waals surface area contributed by atoms with E-state index in [0.29, 0.717) is 12.0 Å². The zero-order valence-corrected chi connectivity index (χ0v) is 20.9. The molecule has 0 aliphatic heterocycles. The van der Waals surface area contributed by atoms with Gasteiger partial charge in [0.2, 0.25) is 0 Å². The van der Waals surface area contributed by atoms with Crippen molar-refractivity contribution in [1.82, 2.24) is 0 Å². The summed E-state index contributed by atoms with van der Waals surface area (Å²) in [6, 6.07) is 0. The maximum Gasteiger partial charge on any atom is 0.426 e. The molecule has 0 heterocycles. The molecule has 0 bridgehead atoms. The lowest BCUT2D eigenvalue weighted by molar-refractivity contribution is -0.370. The van der Waals surface area contributed by atoms with Gasteiger partial charge in [0, 0.05) is 6.42 Å². The highest BCUT2D eigenvalue weighted by molar-refractivity contribution is 5.38. The lowest BCUT2D eigenvalue weighted by atomic mass is 9.60. The standard InChI is InChI=1S/C27H38F6O3/c1-16(6-4-13-25(36,26(28,29)30)27(31,32)33)21-10-11-22-18(7-5-12-24(21,22)3)8-9-19-14-20(34)15-23(35)17(19)2/h8-9,16,20-23,34-36H,2,4-7,10-15H2,1,3H3/b18-8+,19-9+/t16-,20-,21-,22-,23-,24+/m1/s1. The van der Waals surface area contributed by atoms with Gasteiger partial charge in [0.25, 0.3) is 5.60 Å². The van der Waals surface area contributed by atoms with E-state index >= 15 is 0 Å². The predicted octanol–water partition coefficient (Wildman–Crippen LogP) is 6.79. The molecule has 0 amide bonds. The van der Waals surface area contributed by atoms with Gasteiger partial charge in [-0.2, -0.15) is 26.3 Å². The predicted molar refractivity (Wildman–Crippen MR) is 125 cm³/mol. The Morgan fingerprint density at radius 3 is 2.33 bits per heavy atom. The second-order valence-electron chi connectivity index (χ2n) is 11.4. The number of halogens is 6. The molecular formula is C27H38F6O3. The fourth-order valence-electron chi connectivity index (χ4n) is 7.00. The van der Waals surface area contributed by atoms with Gasteiger partial charge in [-0.25, -0.2) is 0 Å². The van der Waals surface area contributed by atoms with Crippen LogP contribution in [0.15, 0.2) is 35.5 Å². The maximum atomic E-state index is 13.0. The molecule has 9 heteroatoms. The van der Waals surface area contributed by atoms with Crippen LogP contribution in [0.5, 0.6) is 0 Å². The van der Waals surface area contributed by atoms with Crippen LogP contribution in [0.2, 0.25) is 0 Å². The van der Waals surface area contributed by atoms with E-state index in [0.717, 1.165) is 37.7 Å². The Balaban J connectivity index is 1.69. The quantitative estimate of drug-likeness (QED) is 0.336. The first-order chi connectivity index (χ1) is 16.5. The minimum atomic E-state index is -5.77. The molecule has 206 valence electrons. The first-order valence-electron chi connectivity index (χ1n) is 12.8. The third-order valence-electron chi connectivity index (χ3n) is 9.12. The van der Waals surface area contributed by atoms with Crippen molar-refractivity contribution in [1.29, 1.82) is 0 Å². The summed E-state index contributed by atoms with van der Waals surface area (Å²) >= 11 is 0. The van der Waals surface area contributed by atoms with Crippen molar-refractivity contribution < 1.29 is 41.7 Å². The second-order valence-corrected chi connectivity index (χ2v) is 11.4. The fraction of sp³-hybridized carbons (Fsp3) is 0.778. The topological polar surface area (TPSA) is 60.7 Å². The SMILES string of the molecule is C=C1/C(=C/C=C2\CCC[C@]3(C)[C@@H]2CC[C@@H]3[C@H](C)CCCC(O)(C(F)(F)F)C(F)(F)F)C[C@@H](O)C[C@H]1O. The monoisotopic (exact) mass is 524 g/mol. The smallest absolute Gasteiger partial charge is 0.393 e. The first-order valence-corrected chi connectivity index (χ1v) is 12.8. The molecule has 36 heavy (non-hydrogen) atoms. The number of hydrogen-bond donors (Lipinski definition) is 3. The molecule has 3 N–H and O–H groups in total. The summed E-state index contributed by atoms with van der Waals surface area (Å²) in [5.41, 5.74) is -2.08. The van der Waals surface area contributed by atoms with Crippen molar-refractivity contribution in [3.8, 4) is 0 Å². The van der Waals surface area contributed by atoms with Gasteiger partial charge in [0.1, 0.15) is 0 Å². The fourth-order valence-corrected chi connectivity index (χ4v) is 7.00. The van der Waals surface area contributed by atoms with Crippen LogP contribution in [0.1, 0.15) is 78.1 Å². The van der Waals surface area contributed by atoms with E-state index in [9.17, 15) is 41.7 Å². The molecule has 0 radical (unpaired) electrons. The summed E-state index contributed by atoms with van der Waals surface area (Å²) in [6.45, 7) is 8.03. The van der Waals surface area contributed by atoms with Gasteiger partial charge in [-0.1, -0.05) is 44.6 Å². The Morgan fingerprint density at radius 1 is 1.08 bits per heavy atom. The normalized spacial score (nSPS) is 35.4. The van der Waals surface area contributed by atoms with E-state index in [1.165, 1.54) is 5.57 Å². The Morgan fingerprint density at radius 2 is 1.72 bits per heavy atom. The van der Waals surface area contributed by atoms with E-state index in [2.05, 4.69) is 19.6 Å². The number of alkyl halides is 6. The van der Waals surface area contributed by atoms with Crippen LogP contribution in [0.3, 0.4) is 0 Å². The number of aliphatic hydroxyl groups is 3. The van der Waals surface area contributed by atoms with Crippen molar-refractivity contribution in [2.24, 2.45) is 23.2 Å². The van der Waals surface area contributed by atoms with Crippen LogP contribution in [-0.4, -0.2) is 45.5 Å². The van der Waals surface area contributed by atoms with Gasteiger partial charge in [-0.05, 0) is 85.7 Å². The molecule has 0 aromatic heterocycles. The van der Waals surface area contributed by atoms with Gasteiger partial charge in [-0.15, -0.1) is 0 Å². The number of fused-ring (bicyclic) bond motifs is 1. The van der Waals surface area contributed by atoms with Crippen LogP contribution in [-0.2, 0) is 0 Å². The molecular weight excluding hydrogens is 486 g/mol. The van der Waals surface area contributed by atoms with Gasteiger partial charge in [0.05, 0.1) is 12.2 Å². The first kappa shape index (κ1) is 29.2. The number of hydrogen-bond acceptors (Lipinski definition) is 3. The van der Waals surface area contributed by atoms with Crippen molar-refractivity contribution in [3.63, 3.8) is 0 Å². The summed E-state index contributed by atoms with van der Waals surface area (Å²) < 4.78 is 78.1. The highest BCUT2D eigenvalue weighted by Gasteiger charge is 2.69. The Hall–Kier alpha value is -1.32. The number of aliphatic hydroxyl groups excluding tert-OH is 2. The lowest BCUT2D eigenvalue weighted by Gasteiger charge is -2.44. The second kappa shape index (κ2) is 10.4. The molecule has 3 aliphatic rings. The summed E-state index contributed by atoms with van der Waals surface area (Å²) in [4.78, 5) is 0. The molecule has 0 aromatic rings. The Labute approximate surface area is 209 Å². The third-order valence-corrected chi connectivity index (χ3v) is 9.12. The zero-order valence-electron chi connectivity index (χ0n) is 20.9. The van der Waals surface area contributed by atoms with Gasteiger partial charge in [-0.3, -0.25) is 0 Å². The largest absolute Gasteiger partial charge is 0.426 e. The number of rotatable bonds is 6.